The van der Waals surface area contributed by atoms with Gasteiger partial charge in [0, 0.05) is 6.54 Å². The molecule has 0 aromatic heterocycles. The molecule has 0 heterocycles. The fourth-order valence-electron chi connectivity index (χ4n) is 1.31. The zero-order valence-corrected chi connectivity index (χ0v) is 10.5. The van der Waals surface area contributed by atoms with E-state index in [0.29, 0.717) is 11.4 Å². The second-order valence-electron chi connectivity index (χ2n) is 3.62. The lowest BCUT2D eigenvalue weighted by Crippen LogP contribution is -2.28. The molecule has 0 saturated carbocycles. The molecule has 0 spiro atoms. The fourth-order valence-corrected chi connectivity index (χ4v) is 2.20. The second-order valence-corrected chi connectivity index (χ2v) is 5.90. The molecule has 3 N–H and O–H groups in total. The van der Waals surface area contributed by atoms with Crippen molar-refractivity contribution in [1.29, 1.82) is 0 Å². The summed E-state index contributed by atoms with van der Waals surface area (Å²) in [6, 6.07) is 6.58. The normalized spacial score (nSPS) is 11.4. The highest BCUT2D eigenvalue weighted by molar-refractivity contribution is 7.91. The van der Waals surface area contributed by atoms with E-state index in [9.17, 15) is 13.2 Å². The second kappa shape index (κ2) is 5.79. The number of nitrogens with two attached hydrogens (primary N) is 1. The maximum absolute atomic E-state index is 11.5. The minimum atomic E-state index is -3.14. The van der Waals surface area contributed by atoms with Gasteiger partial charge in [-0.15, -0.1) is 0 Å². The Morgan fingerprint density at radius 3 is 2.35 bits per heavy atom. The van der Waals surface area contributed by atoms with E-state index in [4.69, 9.17) is 5.73 Å². The Kier molecular flexibility index (Phi) is 4.65. The van der Waals surface area contributed by atoms with Crippen molar-refractivity contribution in [3.63, 3.8) is 0 Å². The number of benzene rings is 1. The molecule has 0 aliphatic carbocycles. The summed E-state index contributed by atoms with van der Waals surface area (Å²) in [4.78, 5) is 10.8. The van der Waals surface area contributed by atoms with E-state index < -0.39 is 15.7 Å². The standard InChI is InChI=1S/C11H16N2O3S/c1-2-17(15,16)10-5-3-9(4-6-10)7-13-8-11(12)14/h3-6,13H,2,7-8H2,1H3,(H2,12,14). The number of hydrogen-bond donors (Lipinski definition) is 2. The van der Waals surface area contributed by atoms with E-state index in [1.807, 2.05) is 0 Å². The molecule has 0 atom stereocenters. The van der Waals surface area contributed by atoms with Crippen molar-refractivity contribution in [2.45, 2.75) is 18.4 Å². The summed E-state index contributed by atoms with van der Waals surface area (Å²) in [7, 11) is -3.14. The molecule has 0 aliphatic rings. The number of hydrogen-bond acceptors (Lipinski definition) is 4. The van der Waals surface area contributed by atoms with E-state index in [-0.39, 0.29) is 12.3 Å². The van der Waals surface area contributed by atoms with E-state index in [1.165, 1.54) is 0 Å². The molecule has 0 aliphatic heterocycles. The van der Waals surface area contributed by atoms with Gasteiger partial charge in [-0.05, 0) is 17.7 Å². The van der Waals surface area contributed by atoms with Crippen LogP contribution < -0.4 is 11.1 Å². The molecule has 0 radical (unpaired) electrons. The lowest BCUT2D eigenvalue weighted by atomic mass is 10.2. The van der Waals surface area contributed by atoms with Gasteiger partial charge >= 0.3 is 0 Å². The summed E-state index contributed by atoms with van der Waals surface area (Å²) in [5.74, 6) is -0.332. The molecule has 0 bridgehead atoms. The van der Waals surface area contributed by atoms with E-state index in [1.54, 1.807) is 31.2 Å². The Labute approximate surface area is 101 Å². The van der Waals surface area contributed by atoms with Crippen LogP contribution in [0.1, 0.15) is 12.5 Å². The largest absolute Gasteiger partial charge is 0.369 e. The summed E-state index contributed by atoms with van der Waals surface area (Å²) in [6.45, 7) is 2.20. The highest BCUT2D eigenvalue weighted by Gasteiger charge is 2.10. The summed E-state index contributed by atoms with van der Waals surface area (Å²) in [5, 5.41) is 2.85. The van der Waals surface area contributed by atoms with Gasteiger partial charge in [0.25, 0.3) is 0 Å². The van der Waals surface area contributed by atoms with E-state index in [0.717, 1.165) is 5.56 Å². The lowest BCUT2D eigenvalue weighted by molar-refractivity contribution is -0.117. The first-order chi connectivity index (χ1) is 7.95. The molecule has 5 nitrogen and oxygen atoms in total. The molecule has 1 aromatic rings. The van der Waals surface area contributed by atoms with Gasteiger partial charge in [0.15, 0.2) is 9.84 Å². The Morgan fingerprint density at radius 2 is 1.88 bits per heavy atom. The smallest absolute Gasteiger partial charge is 0.231 e. The van der Waals surface area contributed by atoms with Crippen molar-refractivity contribution in [1.82, 2.24) is 5.32 Å². The minimum Gasteiger partial charge on any atom is -0.369 e. The molecule has 6 heteroatoms. The predicted octanol–water partition coefficient (Wildman–Crippen LogP) is 0.0551. The van der Waals surface area contributed by atoms with E-state index in [2.05, 4.69) is 5.32 Å². The number of primary amides is 1. The van der Waals surface area contributed by atoms with Gasteiger partial charge < -0.3 is 11.1 Å². The van der Waals surface area contributed by atoms with Crippen LogP contribution in [0.15, 0.2) is 29.2 Å². The van der Waals surface area contributed by atoms with Crippen molar-refractivity contribution in [2.24, 2.45) is 5.73 Å². The maximum Gasteiger partial charge on any atom is 0.231 e. The molecule has 94 valence electrons. The van der Waals surface area contributed by atoms with Crippen LogP contribution >= 0.6 is 0 Å². The van der Waals surface area contributed by atoms with Gasteiger partial charge in [-0.1, -0.05) is 19.1 Å². The van der Waals surface area contributed by atoms with Gasteiger partial charge in [-0.3, -0.25) is 4.79 Å². The molecule has 17 heavy (non-hydrogen) atoms. The average Bonchev–Trinajstić information content (AvgIpc) is 2.29. The Hall–Kier alpha value is -1.40. The first-order valence-corrected chi connectivity index (χ1v) is 6.91. The molecule has 0 fully saturated rings. The van der Waals surface area contributed by atoms with Crippen molar-refractivity contribution in [3.05, 3.63) is 29.8 Å². The molecule has 0 saturated heterocycles. The summed E-state index contributed by atoms with van der Waals surface area (Å²) in [5.41, 5.74) is 5.88. The number of carbonyl (C=O) groups excluding carboxylic acids is 1. The molecule has 1 amide bonds. The topological polar surface area (TPSA) is 89.3 Å². The average molecular weight is 256 g/mol. The highest BCUT2D eigenvalue weighted by atomic mass is 32.2. The molecular weight excluding hydrogens is 240 g/mol. The Bertz CT molecular complexity index is 480. The Morgan fingerprint density at radius 1 is 1.29 bits per heavy atom. The third-order valence-electron chi connectivity index (χ3n) is 2.29. The summed E-state index contributed by atoms with van der Waals surface area (Å²) >= 11 is 0. The summed E-state index contributed by atoms with van der Waals surface area (Å²) < 4.78 is 23.1. The van der Waals surface area contributed by atoms with Crippen molar-refractivity contribution in [3.8, 4) is 0 Å². The lowest BCUT2D eigenvalue weighted by Gasteiger charge is -2.05. The number of nitrogens with one attached hydrogen (secondary N) is 1. The van der Waals surface area contributed by atoms with Gasteiger partial charge in [0.1, 0.15) is 0 Å². The van der Waals surface area contributed by atoms with Crippen molar-refractivity contribution < 1.29 is 13.2 Å². The van der Waals surface area contributed by atoms with Gasteiger partial charge in [0.05, 0.1) is 17.2 Å². The maximum atomic E-state index is 11.5. The van der Waals surface area contributed by atoms with Crippen LogP contribution in [0.25, 0.3) is 0 Å². The third kappa shape index (κ3) is 4.16. The first kappa shape index (κ1) is 13.7. The predicted molar refractivity (Wildman–Crippen MR) is 65.1 cm³/mol. The Balaban J connectivity index is 2.66. The van der Waals surface area contributed by atoms with Gasteiger partial charge in [-0.25, -0.2) is 8.42 Å². The zero-order chi connectivity index (χ0) is 12.9. The molecule has 1 rings (SSSR count). The van der Waals surface area contributed by atoms with Crippen molar-refractivity contribution >= 4 is 15.7 Å². The zero-order valence-electron chi connectivity index (χ0n) is 9.64. The van der Waals surface area contributed by atoms with Crippen LogP contribution in [0, 0.1) is 0 Å². The van der Waals surface area contributed by atoms with Crippen LogP contribution in [0.2, 0.25) is 0 Å². The quantitative estimate of drug-likeness (QED) is 0.753. The minimum absolute atomic E-state index is 0.0896. The van der Waals surface area contributed by atoms with Gasteiger partial charge in [-0.2, -0.15) is 0 Å². The number of carbonyl (C=O) groups is 1. The third-order valence-corrected chi connectivity index (χ3v) is 4.04. The van der Waals surface area contributed by atoms with Gasteiger partial charge in [0.2, 0.25) is 5.91 Å². The number of sulfone groups is 1. The molecule has 0 unspecified atom stereocenters. The van der Waals surface area contributed by atoms with Crippen LogP contribution in [-0.4, -0.2) is 26.6 Å². The number of amides is 1. The van der Waals surface area contributed by atoms with Crippen LogP contribution in [0.5, 0.6) is 0 Å². The fraction of sp³-hybridized carbons (Fsp3) is 0.364. The SMILES string of the molecule is CCS(=O)(=O)c1ccc(CNCC(N)=O)cc1. The highest BCUT2D eigenvalue weighted by Crippen LogP contribution is 2.12. The van der Waals surface area contributed by atoms with Crippen molar-refractivity contribution in [2.75, 3.05) is 12.3 Å². The molecule has 1 aromatic carbocycles. The van der Waals surface area contributed by atoms with Crippen LogP contribution in [0.3, 0.4) is 0 Å². The van der Waals surface area contributed by atoms with Crippen LogP contribution in [-0.2, 0) is 21.2 Å². The number of rotatable bonds is 6. The van der Waals surface area contributed by atoms with Crippen LogP contribution in [0.4, 0.5) is 0 Å². The van der Waals surface area contributed by atoms with E-state index >= 15 is 0 Å². The monoisotopic (exact) mass is 256 g/mol. The summed E-state index contributed by atoms with van der Waals surface area (Å²) in [6.07, 6.45) is 0. The molecular formula is C11H16N2O3S. The first-order valence-electron chi connectivity index (χ1n) is 5.26.